The highest BCUT2D eigenvalue weighted by Crippen LogP contribution is 2.27. The third-order valence-corrected chi connectivity index (χ3v) is 4.05. The van der Waals surface area contributed by atoms with Crippen LogP contribution in [-0.4, -0.2) is 31.2 Å². The van der Waals surface area contributed by atoms with Crippen molar-refractivity contribution in [2.24, 2.45) is 0 Å². The molecule has 1 aliphatic rings. The van der Waals surface area contributed by atoms with Crippen LogP contribution in [-0.2, 0) is 0 Å². The van der Waals surface area contributed by atoms with E-state index < -0.39 is 0 Å². The fourth-order valence-electron chi connectivity index (χ4n) is 2.95. The normalized spacial score (nSPS) is 15.5. The monoisotopic (exact) mass is 295 g/mol. The SMILES string of the molecule is Nc1nc(NC2CCCC2)c2ccc(-c3ccn[nH]3)nc2n1. The molecule has 3 aromatic rings. The van der Waals surface area contributed by atoms with Gasteiger partial charge in [0.15, 0.2) is 5.65 Å². The van der Waals surface area contributed by atoms with E-state index in [1.807, 2.05) is 18.2 Å². The lowest BCUT2D eigenvalue weighted by molar-refractivity contribution is 0.752. The first-order chi connectivity index (χ1) is 10.8. The van der Waals surface area contributed by atoms with Gasteiger partial charge in [0, 0.05) is 12.2 Å². The summed E-state index contributed by atoms with van der Waals surface area (Å²) in [7, 11) is 0. The first-order valence-corrected chi connectivity index (χ1v) is 7.50. The number of anilines is 2. The number of pyridine rings is 1. The number of nitrogens with zero attached hydrogens (tertiary/aromatic N) is 4. The first-order valence-electron chi connectivity index (χ1n) is 7.50. The van der Waals surface area contributed by atoms with E-state index in [4.69, 9.17) is 5.73 Å². The summed E-state index contributed by atoms with van der Waals surface area (Å²) in [6, 6.07) is 6.26. The number of nitrogen functional groups attached to an aromatic ring is 1. The minimum absolute atomic E-state index is 0.238. The van der Waals surface area contributed by atoms with Crippen molar-refractivity contribution in [1.82, 2.24) is 25.1 Å². The predicted octanol–water partition coefficient (Wildman–Crippen LogP) is 2.35. The Morgan fingerprint density at radius 2 is 1.95 bits per heavy atom. The number of hydrogen-bond acceptors (Lipinski definition) is 6. The molecular weight excluding hydrogens is 278 g/mol. The van der Waals surface area contributed by atoms with Gasteiger partial charge in [-0.3, -0.25) is 5.10 Å². The zero-order valence-electron chi connectivity index (χ0n) is 12.1. The summed E-state index contributed by atoms with van der Waals surface area (Å²) in [6.07, 6.45) is 6.56. The summed E-state index contributed by atoms with van der Waals surface area (Å²) in [5.74, 6) is 1.01. The van der Waals surface area contributed by atoms with Gasteiger partial charge < -0.3 is 11.1 Å². The van der Waals surface area contributed by atoms with E-state index in [-0.39, 0.29) is 5.95 Å². The first kappa shape index (κ1) is 13.0. The van der Waals surface area contributed by atoms with Crippen LogP contribution in [0.2, 0.25) is 0 Å². The number of aromatic amines is 1. The topological polar surface area (TPSA) is 105 Å². The maximum Gasteiger partial charge on any atom is 0.224 e. The van der Waals surface area contributed by atoms with E-state index in [9.17, 15) is 0 Å². The van der Waals surface area contributed by atoms with Gasteiger partial charge in [-0.05, 0) is 31.0 Å². The van der Waals surface area contributed by atoms with Crippen LogP contribution in [0, 0.1) is 0 Å². The third kappa shape index (κ3) is 2.34. The maximum atomic E-state index is 5.85. The number of aromatic nitrogens is 5. The third-order valence-electron chi connectivity index (χ3n) is 4.05. The second-order valence-corrected chi connectivity index (χ2v) is 5.59. The molecule has 4 N–H and O–H groups in total. The second-order valence-electron chi connectivity index (χ2n) is 5.59. The van der Waals surface area contributed by atoms with Gasteiger partial charge in [-0.25, -0.2) is 4.98 Å². The molecule has 1 fully saturated rings. The molecule has 3 aromatic heterocycles. The van der Waals surface area contributed by atoms with Crippen molar-refractivity contribution >= 4 is 22.8 Å². The largest absolute Gasteiger partial charge is 0.368 e. The second kappa shape index (κ2) is 5.25. The average molecular weight is 295 g/mol. The molecule has 1 aliphatic carbocycles. The van der Waals surface area contributed by atoms with Crippen LogP contribution in [0.4, 0.5) is 11.8 Å². The molecular formula is C15H17N7. The molecule has 22 heavy (non-hydrogen) atoms. The molecule has 0 atom stereocenters. The van der Waals surface area contributed by atoms with Gasteiger partial charge in [0.25, 0.3) is 0 Å². The molecule has 112 valence electrons. The molecule has 0 bridgehead atoms. The molecule has 0 radical (unpaired) electrons. The Morgan fingerprint density at radius 3 is 2.73 bits per heavy atom. The van der Waals surface area contributed by atoms with Crippen LogP contribution in [0.5, 0.6) is 0 Å². The van der Waals surface area contributed by atoms with E-state index in [0.717, 1.165) is 22.6 Å². The van der Waals surface area contributed by atoms with Gasteiger partial charge in [0.05, 0.1) is 16.8 Å². The molecule has 0 amide bonds. The van der Waals surface area contributed by atoms with Crippen molar-refractivity contribution in [3.05, 3.63) is 24.4 Å². The van der Waals surface area contributed by atoms with Gasteiger partial charge >= 0.3 is 0 Å². The van der Waals surface area contributed by atoms with E-state index in [0.29, 0.717) is 11.7 Å². The molecule has 7 nitrogen and oxygen atoms in total. The Kier molecular flexibility index (Phi) is 3.10. The fourth-order valence-corrected chi connectivity index (χ4v) is 2.95. The molecule has 4 rings (SSSR count). The lowest BCUT2D eigenvalue weighted by Gasteiger charge is -2.14. The molecule has 7 heteroatoms. The van der Waals surface area contributed by atoms with Crippen molar-refractivity contribution in [1.29, 1.82) is 0 Å². The van der Waals surface area contributed by atoms with E-state index in [1.165, 1.54) is 25.7 Å². The Labute approximate surface area is 127 Å². The quantitative estimate of drug-likeness (QED) is 0.685. The predicted molar refractivity (Wildman–Crippen MR) is 85.2 cm³/mol. The number of rotatable bonds is 3. The molecule has 0 aromatic carbocycles. The highest BCUT2D eigenvalue weighted by atomic mass is 15.1. The zero-order valence-corrected chi connectivity index (χ0v) is 12.1. The van der Waals surface area contributed by atoms with Gasteiger partial charge in [-0.15, -0.1) is 0 Å². The highest BCUT2D eigenvalue weighted by Gasteiger charge is 2.17. The molecule has 0 saturated heterocycles. The lowest BCUT2D eigenvalue weighted by atomic mass is 10.2. The Morgan fingerprint density at radius 1 is 1.09 bits per heavy atom. The van der Waals surface area contributed by atoms with E-state index in [1.54, 1.807) is 6.20 Å². The summed E-state index contributed by atoms with van der Waals surface area (Å²) >= 11 is 0. The Hall–Kier alpha value is -2.70. The number of hydrogen-bond donors (Lipinski definition) is 3. The fraction of sp³-hybridized carbons (Fsp3) is 0.333. The lowest BCUT2D eigenvalue weighted by Crippen LogP contribution is -2.16. The van der Waals surface area contributed by atoms with Crippen molar-refractivity contribution in [2.75, 3.05) is 11.1 Å². The Balaban J connectivity index is 1.77. The average Bonchev–Trinajstić information content (AvgIpc) is 3.20. The van der Waals surface area contributed by atoms with Gasteiger partial charge in [-0.1, -0.05) is 12.8 Å². The van der Waals surface area contributed by atoms with E-state index in [2.05, 4.69) is 30.5 Å². The summed E-state index contributed by atoms with van der Waals surface area (Å²) in [4.78, 5) is 13.2. The number of nitrogens with one attached hydrogen (secondary N) is 2. The minimum atomic E-state index is 0.238. The summed E-state index contributed by atoms with van der Waals surface area (Å²) in [6.45, 7) is 0. The van der Waals surface area contributed by atoms with Crippen molar-refractivity contribution in [3.63, 3.8) is 0 Å². The summed E-state index contributed by atoms with van der Waals surface area (Å²) in [5.41, 5.74) is 8.08. The number of nitrogens with two attached hydrogens (primary N) is 1. The molecule has 0 aliphatic heterocycles. The van der Waals surface area contributed by atoms with Crippen LogP contribution < -0.4 is 11.1 Å². The van der Waals surface area contributed by atoms with Crippen molar-refractivity contribution < 1.29 is 0 Å². The summed E-state index contributed by atoms with van der Waals surface area (Å²) in [5, 5.41) is 11.2. The summed E-state index contributed by atoms with van der Waals surface area (Å²) < 4.78 is 0. The van der Waals surface area contributed by atoms with Crippen LogP contribution in [0.3, 0.4) is 0 Å². The molecule has 1 saturated carbocycles. The molecule has 3 heterocycles. The van der Waals surface area contributed by atoms with Crippen LogP contribution in [0.15, 0.2) is 24.4 Å². The van der Waals surface area contributed by atoms with E-state index >= 15 is 0 Å². The standard InChI is InChI=1S/C15H17N7/c16-15-20-13(18-9-3-1-2-4-9)10-5-6-11(19-14(10)21-15)12-7-8-17-22-12/h5-9H,1-4H2,(H,17,22)(H3,16,18,19,20,21). The van der Waals surface area contributed by atoms with Gasteiger partial charge in [-0.2, -0.15) is 15.1 Å². The van der Waals surface area contributed by atoms with Crippen molar-refractivity contribution in [2.45, 2.75) is 31.7 Å². The smallest absolute Gasteiger partial charge is 0.224 e. The Bertz CT molecular complexity index is 791. The van der Waals surface area contributed by atoms with Gasteiger partial charge in [0.1, 0.15) is 5.82 Å². The molecule has 0 unspecified atom stereocenters. The van der Waals surface area contributed by atoms with Crippen LogP contribution in [0.25, 0.3) is 22.4 Å². The molecule has 0 spiro atoms. The van der Waals surface area contributed by atoms with Crippen molar-refractivity contribution in [3.8, 4) is 11.4 Å². The maximum absolute atomic E-state index is 5.85. The van der Waals surface area contributed by atoms with Gasteiger partial charge in [0.2, 0.25) is 5.95 Å². The highest BCUT2D eigenvalue weighted by molar-refractivity contribution is 5.88. The van der Waals surface area contributed by atoms with Crippen LogP contribution in [0.1, 0.15) is 25.7 Å². The number of fused-ring (bicyclic) bond motifs is 1. The minimum Gasteiger partial charge on any atom is -0.368 e. The number of H-pyrrole nitrogens is 1. The van der Waals surface area contributed by atoms with Crippen LogP contribution >= 0.6 is 0 Å². The zero-order chi connectivity index (χ0) is 14.9.